The first kappa shape index (κ1) is 14.8. The summed E-state index contributed by atoms with van der Waals surface area (Å²) in [5.74, 6) is 0. The van der Waals surface area contributed by atoms with E-state index >= 15 is 0 Å². The third-order valence-corrected chi connectivity index (χ3v) is 4.20. The Morgan fingerprint density at radius 2 is 2.23 bits per heavy atom. The summed E-state index contributed by atoms with van der Waals surface area (Å²) in [6.45, 7) is 4.52. The molecule has 0 saturated carbocycles. The van der Waals surface area contributed by atoms with E-state index in [1.807, 2.05) is 42.5 Å². The van der Waals surface area contributed by atoms with Gasteiger partial charge in [0.05, 0.1) is 17.6 Å². The van der Waals surface area contributed by atoms with Gasteiger partial charge in [-0.25, -0.2) is 4.99 Å². The van der Waals surface area contributed by atoms with Crippen molar-refractivity contribution in [2.45, 2.75) is 6.54 Å². The van der Waals surface area contributed by atoms with Crippen LogP contribution in [0.25, 0.3) is 11.3 Å². The molecule has 0 amide bonds. The van der Waals surface area contributed by atoms with Crippen molar-refractivity contribution in [1.29, 1.82) is 0 Å². The lowest BCUT2D eigenvalue weighted by molar-refractivity contribution is 0.800. The summed E-state index contributed by atoms with van der Waals surface area (Å²) in [6, 6.07) is 11.6. The van der Waals surface area contributed by atoms with Crippen molar-refractivity contribution in [3.8, 4) is 11.3 Å². The lowest BCUT2D eigenvalue weighted by Gasteiger charge is -2.06. The Morgan fingerprint density at radius 1 is 1.32 bits per heavy atom. The van der Waals surface area contributed by atoms with Gasteiger partial charge in [-0.3, -0.25) is 4.98 Å². The zero-order valence-corrected chi connectivity index (χ0v) is 13.4. The first-order valence-electron chi connectivity index (χ1n) is 6.78. The summed E-state index contributed by atoms with van der Waals surface area (Å²) < 4.78 is 2.12. The molecule has 0 unspecified atom stereocenters. The fraction of sp³-hybridized carbons (Fsp3) is 0.0588. The minimum Gasteiger partial charge on any atom is -0.313 e. The van der Waals surface area contributed by atoms with Crippen LogP contribution < -0.4 is 4.80 Å². The third-order valence-electron chi connectivity index (χ3n) is 3.10. The van der Waals surface area contributed by atoms with Gasteiger partial charge in [-0.05, 0) is 24.3 Å². The maximum Gasteiger partial charge on any atom is 0.190 e. The van der Waals surface area contributed by atoms with E-state index in [2.05, 4.69) is 26.5 Å². The second kappa shape index (κ2) is 6.73. The largest absolute Gasteiger partial charge is 0.313 e. The van der Waals surface area contributed by atoms with E-state index in [0.29, 0.717) is 6.54 Å². The minimum atomic E-state index is 0.685. The standard InChI is InChI=1S/C17H14ClN3S/c1-2-9-21-16(13-5-3-6-14(18)10-13)12-22-17(21)20-15-7-4-8-19-11-15/h2-8,10-12H,1,9H2. The first-order valence-corrected chi connectivity index (χ1v) is 8.03. The van der Waals surface area contributed by atoms with E-state index in [1.165, 1.54) is 0 Å². The Bertz CT molecular complexity index is 850. The number of nitrogens with zero attached hydrogens (tertiary/aromatic N) is 3. The molecule has 0 bridgehead atoms. The molecule has 0 aliphatic carbocycles. The van der Waals surface area contributed by atoms with Crippen LogP contribution >= 0.6 is 22.9 Å². The highest BCUT2D eigenvalue weighted by atomic mass is 35.5. The molecule has 2 heterocycles. The van der Waals surface area contributed by atoms with Crippen LogP contribution in [0.3, 0.4) is 0 Å². The molecule has 0 aliphatic heterocycles. The number of hydrogen-bond acceptors (Lipinski definition) is 3. The second-order valence-electron chi connectivity index (χ2n) is 4.64. The van der Waals surface area contributed by atoms with Gasteiger partial charge < -0.3 is 4.57 Å². The average Bonchev–Trinajstić information content (AvgIpc) is 2.92. The summed E-state index contributed by atoms with van der Waals surface area (Å²) in [6.07, 6.45) is 5.35. The minimum absolute atomic E-state index is 0.685. The lowest BCUT2D eigenvalue weighted by Crippen LogP contribution is -2.14. The predicted molar refractivity (Wildman–Crippen MR) is 92.4 cm³/mol. The van der Waals surface area contributed by atoms with Crippen molar-refractivity contribution in [1.82, 2.24) is 9.55 Å². The molecule has 0 atom stereocenters. The zero-order valence-electron chi connectivity index (χ0n) is 11.8. The highest BCUT2D eigenvalue weighted by Crippen LogP contribution is 2.23. The monoisotopic (exact) mass is 327 g/mol. The quantitative estimate of drug-likeness (QED) is 0.640. The van der Waals surface area contributed by atoms with E-state index in [1.54, 1.807) is 23.7 Å². The van der Waals surface area contributed by atoms with E-state index in [0.717, 1.165) is 26.8 Å². The number of thiazole rings is 1. The number of hydrogen-bond donors (Lipinski definition) is 0. The molecule has 3 rings (SSSR count). The van der Waals surface area contributed by atoms with Gasteiger partial charge in [0.2, 0.25) is 0 Å². The Labute approximate surface area is 137 Å². The van der Waals surface area contributed by atoms with Crippen molar-refractivity contribution in [2.24, 2.45) is 4.99 Å². The zero-order chi connectivity index (χ0) is 15.4. The third kappa shape index (κ3) is 3.18. The van der Waals surface area contributed by atoms with Crippen LogP contribution in [0.2, 0.25) is 5.02 Å². The van der Waals surface area contributed by atoms with Crippen LogP contribution in [-0.4, -0.2) is 9.55 Å². The van der Waals surface area contributed by atoms with Crippen molar-refractivity contribution in [3.63, 3.8) is 0 Å². The van der Waals surface area contributed by atoms with Crippen molar-refractivity contribution < 1.29 is 0 Å². The lowest BCUT2D eigenvalue weighted by atomic mass is 10.2. The molecule has 0 fully saturated rings. The van der Waals surface area contributed by atoms with E-state index in [9.17, 15) is 0 Å². The number of halogens is 1. The molecule has 5 heteroatoms. The van der Waals surface area contributed by atoms with Crippen molar-refractivity contribution >= 4 is 28.6 Å². The van der Waals surface area contributed by atoms with Gasteiger partial charge in [0, 0.05) is 28.7 Å². The molecule has 3 aromatic rings. The summed E-state index contributed by atoms with van der Waals surface area (Å²) >= 11 is 7.69. The molecule has 0 spiro atoms. The first-order chi connectivity index (χ1) is 10.8. The van der Waals surface area contributed by atoms with Crippen LogP contribution in [-0.2, 0) is 6.54 Å². The Balaban J connectivity index is 2.14. The maximum atomic E-state index is 6.10. The van der Waals surface area contributed by atoms with Gasteiger partial charge in [0.25, 0.3) is 0 Å². The van der Waals surface area contributed by atoms with Crippen LogP contribution in [0, 0.1) is 0 Å². The van der Waals surface area contributed by atoms with Gasteiger partial charge in [0.1, 0.15) is 0 Å². The molecule has 2 aromatic heterocycles. The Morgan fingerprint density at radius 3 is 2.95 bits per heavy atom. The number of aromatic nitrogens is 2. The topological polar surface area (TPSA) is 30.2 Å². The average molecular weight is 328 g/mol. The van der Waals surface area contributed by atoms with Gasteiger partial charge in [-0.15, -0.1) is 17.9 Å². The number of allylic oxidation sites excluding steroid dienone is 1. The van der Waals surface area contributed by atoms with Crippen LogP contribution in [0.4, 0.5) is 5.69 Å². The van der Waals surface area contributed by atoms with Crippen molar-refractivity contribution in [2.75, 3.05) is 0 Å². The summed E-state index contributed by atoms with van der Waals surface area (Å²) in [4.78, 5) is 9.67. The number of pyridine rings is 1. The summed E-state index contributed by atoms with van der Waals surface area (Å²) in [7, 11) is 0. The van der Waals surface area contributed by atoms with Crippen LogP contribution in [0.1, 0.15) is 0 Å². The summed E-state index contributed by atoms with van der Waals surface area (Å²) in [5, 5.41) is 2.81. The molecule has 22 heavy (non-hydrogen) atoms. The van der Waals surface area contributed by atoms with Crippen LogP contribution in [0.5, 0.6) is 0 Å². The number of benzene rings is 1. The molecule has 0 saturated heterocycles. The molecule has 110 valence electrons. The molecular weight excluding hydrogens is 314 g/mol. The van der Waals surface area contributed by atoms with Gasteiger partial charge in [-0.2, -0.15) is 0 Å². The molecule has 1 aromatic carbocycles. The van der Waals surface area contributed by atoms with E-state index in [-0.39, 0.29) is 0 Å². The predicted octanol–water partition coefficient (Wildman–Crippen LogP) is 4.68. The SMILES string of the molecule is C=CCn1c(-c2cccc(Cl)c2)csc1=Nc1cccnc1. The van der Waals surface area contributed by atoms with Crippen molar-refractivity contribution in [3.05, 3.63) is 76.7 Å². The van der Waals surface area contributed by atoms with Gasteiger partial charge in [0.15, 0.2) is 4.80 Å². The molecule has 3 nitrogen and oxygen atoms in total. The molecular formula is C17H14ClN3S. The Kier molecular flexibility index (Phi) is 4.51. The smallest absolute Gasteiger partial charge is 0.190 e. The van der Waals surface area contributed by atoms with Gasteiger partial charge in [-0.1, -0.05) is 29.8 Å². The summed E-state index contributed by atoms with van der Waals surface area (Å²) in [5.41, 5.74) is 2.98. The molecule has 0 N–H and O–H groups in total. The maximum absolute atomic E-state index is 6.10. The normalized spacial score (nSPS) is 11.6. The van der Waals surface area contributed by atoms with Crippen LogP contribution in [0.15, 0.2) is 71.8 Å². The van der Waals surface area contributed by atoms with E-state index in [4.69, 9.17) is 11.6 Å². The number of rotatable bonds is 4. The molecule has 0 aliphatic rings. The van der Waals surface area contributed by atoms with Gasteiger partial charge >= 0.3 is 0 Å². The Hall–Kier alpha value is -2.17. The fourth-order valence-electron chi connectivity index (χ4n) is 2.13. The molecule has 0 radical (unpaired) electrons. The second-order valence-corrected chi connectivity index (χ2v) is 5.91. The van der Waals surface area contributed by atoms with E-state index < -0.39 is 0 Å². The highest BCUT2D eigenvalue weighted by Gasteiger charge is 2.07. The fourth-order valence-corrected chi connectivity index (χ4v) is 3.26. The highest BCUT2D eigenvalue weighted by molar-refractivity contribution is 7.07.